The van der Waals surface area contributed by atoms with Gasteiger partial charge < -0.3 is 9.64 Å². The molecule has 1 atom stereocenters. The van der Waals surface area contributed by atoms with Crippen molar-refractivity contribution in [1.82, 2.24) is 9.21 Å². The Hall–Kier alpha value is -1.93. The molecule has 1 amide bonds. The van der Waals surface area contributed by atoms with Gasteiger partial charge in [0.2, 0.25) is 10.0 Å². The number of esters is 1. The minimum absolute atomic E-state index is 0.166. The van der Waals surface area contributed by atoms with Crippen LogP contribution in [0.2, 0.25) is 0 Å². The Bertz CT molecular complexity index is 785. The number of nitrogens with zero attached hydrogens (tertiary/aromatic N) is 2. The van der Waals surface area contributed by atoms with Crippen LogP contribution >= 0.6 is 0 Å². The van der Waals surface area contributed by atoms with Crippen LogP contribution in [-0.4, -0.2) is 61.8 Å². The molecule has 0 saturated carbocycles. The molecule has 0 aliphatic carbocycles. The summed E-state index contributed by atoms with van der Waals surface area (Å²) in [6.07, 6.45) is 4.78. The van der Waals surface area contributed by atoms with Crippen molar-refractivity contribution in [3.63, 3.8) is 0 Å². The number of piperidine rings is 1. The Kier molecular flexibility index (Phi) is 6.16. The van der Waals surface area contributed by atoms with Crippen LogP contribution in [-0.2, 0) is 19.6 Å². The van der Waals surface area contributed by atoms with E-state index in [0.29, 0.717) is 19.6 Å². The number of ether oxygens (including phenoxy) is 1. The molecule has 7 nitrogen and oxygen atoms in total. The smallest absolute Gasteiger partial charge is 0.338 e. The Morgan fingerprint density at radius 3 is 2.30 bits per heavy atom. The first-order valence-electron chi connectivity index (χ1n) is 9.46. The zero-order chi connectivity index (χ0) is 19.4. The predicted molar refractivity (Wildman–Crippen MR) is 99.7 cm³/mol. The minimum Gasteiger partial charge on any atom is -0.452 e. The lowest BCUT2D eigenvalue weighted by Gasteiger charge is -2.33. The van der Waals surface area contributed by atoms with Crippen molar-refractivity contribution in [2.75, 3.05) is 26.2 Å². The fourth-order valence-electron chi connectivity index (χ4n) is 3.60. The van der Waals surface area contributed by atoms with Crippen molar-refractivity contribution in [1.29, 1.82) is 0 Å². The maximum absolute atomic E-state index is 12.5. The molecule has 8 heteroatoms. The fourth-order valence-corrected chi connectivity index (χ4v) is 5.12. The van der Waals surface area contributed by atoms with Gasteiger partial charge in [-0.25, -0.2) is 13.2 Å². The number of benzene rings is 1. The molecule has 1 aromatic carbocycles. The molecular weight excluding hydrogens is 368 g/mol. The zero-order valence-electron chi connectivity index (χ0n) is 15.6. The lowest BCUT2D eigenvalue weighted by atomic mass is 10.0. The Labute approximate surface area is 160 Å². The molecule has 0 N–H and O–H groups in total. The highest BCUT2D eigenvalue weighted by atomic mass is 32.2. The number of carbonyl (C=O) groups is 2. The standard InChI is InChI=1S/C19H26N2O5S/c1-15-6-2-3-13-21(15)18(22)14-26-19(23)16-7-9-17(10-8-16)27(24,25)20-11-4-5-12-20/h7-10,15H,2-6,11-14H2,1H3. The molecule has 1 unspecified atom stereocenters. The van der Waals surface area contributed by atoms with Gasteiger partial charge in [0.05, 0.1) is 10.5 Å². The third-order valence-electron chi connectivity index (χ3n) is 5.24. The molecule has 0 bridgehead atoms. The van der Waals surface area contributed by atoms with E-state index in [1.165, 1.54) is 28.6 Å². The van der Waals surface area contributed by atoms with E-state index < -0.39 is 16.0 Å². The van der Waals surface area contributed by atoms with Crippen molar-refractivity contribution in [3.8, 4) is 0 Å². The van der Waals surface area contributed by atoms with E-state index in [9.17, 15) is 18.0 Å². The van der Waals surface area contributed by atoms with Gasteiger partial charge in [0.25, 0.3) is 5.91 Å². The van der Waals surface area contributed by atoms with Gasteiger partial charge in [0.15, 0.2) is 6.61 Å². The molecule has 0 spiro atoms. The lowest BCUT2D eigenvalue weighted by molar-refractivity contribution is -0.137. The van der Waals surface area contributed by atoms with Crippen LogP contribution in [0, 0.1) is 0 Å². The van der Waals surface area contributed by atoms with E-state index in [0.717, 1.165) is 32.1 Å². The Morgan fingerprint density at radius 2 is 1.67 bits per heavy atom. The van der Waals surface area contributed by atoms with Gasteiger partial charge in [-0.15, -0.1) is 0 Å². The number of rotatable bonds is 5. The molecule has 1 aromatic rings. The monoisotopic (exact) mass is 394 g/mol. The topological polar surface area (TPSA) is 84.0 Å². The van der Waals surface area contributed by atoms with Gasteiger partial charge >= 0.3 is 5.97 Å². The van der Waals surface area contributed by atoms with Crippen molar-refractivity contribution < 1.29 is 22.7 Å². The number of sulfonamides is 1. The molecule has 2 heterocycles. The summed E-state index contributed by atoms with van der Waals surface area (Å²) in [5.41, 5.74) is 0.231. The van der Waals surface area contributed by atoms with Crippen molar-refractivity contribution in [3.05, 3.63) is 29.8 Å². The molecule has 27 heavy (non-hydrogen) atoms. The van der Waals surface area contributed by atoms with E-state index in [1.54, 1.807) is 4.90 Å². The third-order valence-corrected chi connectivity index (χ3v) is 7.16. The van der Waals surface area contributed by atoms with Crippen LogP contribution < -0.4 is 0 Å². The third kappa shape index (κ3) is 4.50. The van der Waals surface area contributed by atoms with Crippen LogP contribution in [0.4, 0.5) is 0 Å². The van der Waals surface area contributed by atoms with E-state index >= 15 is 0 Å². The summed E-state index contributed by atoms with van der Waals surface area (Å²) in [6, 6.07) is 5.86. The quantitative estimate of drug-likeness (QED) is 0.714. The van der Waals surface area contributed by atoms with E-state index in [-0.39, 0.29) is 29.0 Å². The number of hydrogen-bond donors (Lipinski definition) is 0. The van der Waals surface area contributed by atoms with Crippen molar-refractivity contribution >= 4 is 21.9 Å². The van der Waals surface area contributed by atoms with Gasteiger partial charge in [0, 0.05) is 25.7 Å². The molecule has 148 valence electrons. The second kappa shape index (κ2) is 8.39. The summed E-state index contributed by atoms with van der Waals surface area (Å²) in [4.78, 5) is 26.3. The molecular formula is C19H26N2O5S. The van der Waals surface area contributed by atoms with E-state index in [1.807, 2.05) is 6.92 Å². The minimum atomic E-state index is -3.51. The highest BCUT2D eigenvalue weighted by Crippen LogP contribution is 2.21. The van der Waals surface area contributed by atoms with Gasteiger partial charge in [-0.1, -0.05) is 0 Å². The van der Waals surface area contributed by atoms with Crippen LogP contribution in [0.3, 0.4) is 0 Å². The Morgan fingerprint density at radius 1 is 1.04 bits per heavy atom. The average molecular weight is 394 g/mol. The molecule has 2 aliphatic heterocycles. The van der Waals surface area contributed by atoms with Gasteiger partial charge in [-0.3, -0.25) is 4.79 Å². The summed E-state index contributed by atoms with van der Waals surface area (Å²) in [7, 11) is -3.51. The molecule has 2 aliphatic rings. The predicted octanol–water partition coefficient (Wildman–Crippen LogP) is 2.03. The summed E-state index contributed by atoms with van der Waals surface area (Å²) in [6.45, 7) is 3.46. The highest BCUT2D eigenvalue weighted by molar-refractivity contribution is 7.89. The molecule has 0 aromatic heterocycles. The van der Waals surface area contributed by atoms with Crippen molar-refractivity contribution in [2.45, 2.75) is 50.0 Å². The van der Waals surface area contributed by atoms with Gasteiger partial charge in [0.1, 0.15) is 0 Å². The molecule has 3 rings (SSSR count). The summed E-state index contributed by atoms with van der Waals surface area (Å²) in [5.74, 6) is -0.818. The summed E-state index contributed by atoms with van der Waals surface area (Å²) in [5, 5.41) is 0. The van der Waals surface area contributed by atoms with Gasteiger partial charge in [-0.2, -0.15) is 4.31 Å². The first-order valence-corrected chi connectivity index (χ1v) is 10.9. The highest BCUT2D eigenvalue weighted by Gasteiger charge is 2.27. The van der Waals surface area contributed by atoms with Crippen LogP contribution in [0.1, 0.15) is 49.4 Å². The maximum Gasteiger partial charge on any atom is 0.338 e. The Balaban J connectivity index is 1.58. The fraction of sp³-hybridized carbons (Fsp3) is 0.579. The second-order valence-corrected chi connectivity index (χ2v) is 9.08. The van der Waals surface area contributed by atoms with Crippen LogP contribution in [0.5, 0.6) is 0 Å². The van der Waals surface area contributed by atoms with E-state index in [2.05, 4.69) is 0 Å². The molecule has 2 saturated heterocycles. The van der Waals surface area contributed by atoms with Crippen molar-refractivity contribution in [2.24, 2.45) is 0 Å². The normalized spacial score (nSPS) is 21.2. The first-order chi connectivity index (χ1) is 12.9. The number of carbonyl (C=O) groups excluding carboxylic acids is 2. The number of likely N-dealkylation sites (tertiary alicyclic amines) is 1. The van der Waals surface area contributed by atoms with Crippen LogP contribution in [0.25, 0.3) is 0 Å². The van der Waals surface area contributed by atoms with E-state index in [4.69, 9.17) is 4.74 Å². The number of hydrogen-bond acceptors (Lipinski definition) is 5. The SMILES string of the molecule is CC1CCCCN1C(=O)COC(=O)c1ccc(S(=O)(=O)N2CCCC2)cc1. The van der Waals surface area contributed by atoms with Crippen LogP contribution in [0.15, 0.2) is 29.2 Å². The molecule has 0 radical (unpaired) electrons. The largest absolute Gasteiger partial charge is 0.452 e. The van der Waals surface area contributed by atoms with Gasteiger partial charge in [-0.05, 0) is 63.3 Å². The molecule has 2 fully saturated rings. The maximum atomic E-state index is 12.5. The number of amides is 1. The zero-order valence-corrected chi connectivity index (χ0v) is 16.4. The summed E-state index contributed by atoms with van der Waals surface area (Å²) < 4.78 is 31.6. The average Bonchev–Trinajstić information content (AvgIpc) is 3.22. The second-order valence-electron chi connectivity index (χ2n) is 7.14. The first kappa shape index (κ1) is 19.8. The summed E-state index contributed by atoms with van der Waals surface area (Å²) >= 11 is 0. The lowest BCUT2D eigenvalue weighted by Crippen LogP contribution is -2.44.